The second kappa shape index (κ2) is 21.2. The molecule has 0 bridgehead atoms. The van der Waals surface area contributed by atoms with Crippen molar-refractivity contribution < 1.29 is 0 Å². The Kier molecular flexibility index (Phi) is 18.1. The second-order valence-electron chi connectivity index (χ2n) is 12.3. The highest BCUT2D eigenvalue weighted by atomic mass is 14.9. The van der Waals surface area contributed by atoms with Gasteiger partial charge in [0.05, 0.1) is 0 Å². The van der Waals surface area contributed by atoms with E-state index in [0.717, 1.165) is 25.8 Å². The molecule has 38 heavy (non-hydrogen) atoms. The molecule has 1 aromatic heterocycles. The maximum absolute atomic E-state index is 4.28. The third-order valence-corrected chi connectivity index (χ3v) is 8.12. The van der Waals surface area contributed by atoms with Crippen LogP contribution in [0, 0.1) is 5.92 Å². The van der Waals surface area contributed by atoms with Crippen LogP contribution in [0.5, 0.6) is 0 Å². The fourth-order valence-corrected chi connectivity index (χ4v) is 5.79. The zero-order valence-electron chi connectivity index (χ0n) is 25.7. The van der Waals surface area contributed by atoms with Crippen LogP contribution in [0.2, 0.25) is 0 Å². The smallest absolute Gasteiger partial charge is 0.0489 e. The molecule has 1 heterocycles. The molecule has 0 saturated carbocycles. The topological polar surface area (TPSA) is 27.8 Å². The highest BCUT2D eigenvalue weighted by Crippen LogP contribution is 2.24. The van der Waals surface area contributed by atoms with Gasteiger partial charge < -0.3 is 10.3 Å². The molecule has 2 nitrogen and oxygen atoms in total. The molecule has 0 saturated heterocycles. The summed E-state index contributed by atoms with van der Waals surface area (Å²) < 4.78 is 0. The van der Waals surface area contributed by atoms with Crippen LogP contribution < -0.4 is 5.32 Å². The molecule has 216 valence electrons. The van der Waals surface area contributed by atoms with Crippen molar-refractivity contribution in [1.82, 2.24) is 10.3 Å². The van der Waals surface area contributed by atoms with Gasteiger partial charge in [-0.15, -0.1) is 0 Å². The first kappa shape index (κ1) is 32.5. The fraction of sp³-hybridized carbons (Fsp3) is 0.722. The Hall–Kier alpha value is -1.70. The van der Waals surface area contributed by atoms with Crippen LogP contribution in [0.4, 0.5) is 0 Å². The predicted octanol–water partition coefficient (Wildman–Crippen LogP) is 11.4. The molecule has 1 aromatic carbocycles. The van der Waals surface area contributed by atoms with Gasteiger partial charge in [-0.3, -0.25) is 0 Å². The molecule has 0 spiro atoms. The number of nitrogens with one attached hydrogen (secondary N) is 2. The Morgan fingerprint density at radius 3 is 1.79 bits per heavy atom. The van der Waals surface area contributed by atoms with Crippen molar-refractivity contribution in [3.63, 3.8) is 0 Å². The zero-order chi connectivity index (χ0) is 27.3. The van der Waals surface area contributed by atoms with Crippen molar-refractivity contribution in [1.29, 1.82) is 0 Å². The molecule has 0 amide bonds. The molecule has 0 fully saturated rings. The minimum Gasteiger partial charge on any atom is -0.388 e. The molecule has 0 aliphatic carbocycles. The van der Waals surface area contributed by atoms with E-state index in [1.807, 2.05) is 0 Å². The summed E-state index contributed by atoms with van der Waals surface area (Å²) in [7, 11) is 0. The lowest BCUT2D eigenvalue weighted by molar-refractivity contribution is 0.524. The Bertz CT molecular complexity index is 846. The summed E-state index contributed by atoms with van der Waals surface area (Å²) >= 11 is 0. The van der Waals surface area contributed by atoms with Crippen LogP contribution in [0.15, 0.2) is 36.7 Å². The number of fused-ring (bicyclic) bond motifs is 1. The normalized spacial score (nSPS) is 11.6. The van der Waals surface area contributed by atoms with Gasteiger partial charge in [0.25, 0.3) is 0 Å². The average Bonchev–Trinajstić information content (AvgIpc) is 3.31. The number of benzene rings is 1. The van der Waals surface area contributed by atoms with E-state index in [-0.39, 0.29) is 0 Å². The minimum atomic E-state index is 0.677. The zero-order valence-corrected chi connectivity index (χ0v) is 25.7. The highest BCUT2D eigenvalue weighted by Gasteiger charge is 2.08. The van der Waals surface area contributed by atoms with Gasteiger partial charge >= 0.3 is 0 Å². The number of allylic oxidation sites excluding steroid dienone is 1. The van der Waals surface area contributed by atoms with Gasteiger partial charge in [0, 0.05) is 29.3 Å². The SMILES string of the molecule is C=C(CCCCCCCCCCCCCCCCCCCC)NCCc1c[nH]c2c(CC(C)C)cccc12. The predicted molar refractivity (Wildman–Crippen MR) is 171 cm³/mol. The van der Waals surface area contributed by atoms with E-state index in [1.165, 1.54) is 143 Å². The van der Waals surface area contributed by atoms with Gasteiger partial charge in [-0.05, 0) is 42.7 Å². The summed E-state index contributed by atoms with van der Waals surface area (Å²) in [5.41, 5.74) is 5.39. The fourth-order valence-electron chi connectivity index (χ4n) is 5.79. The van der Waals surface area contributed by atoms with Crippen LogP contribution in [0.1, 0.15) is 154 Å². The Balaban J connectivity index is 1.38. The number of rotatable bonds is 25. The van der Waals surface area contributed by atoms with Gasteiger partial charge in [0.15, 0.2) is 0 Å². The van der Waals surface area contributed by atoms with Crippen molar-refractivity contribution in [2.75, 3.05) is 6.54 Å². The van der Waals surface area contributed by atoms with E-state index in [2.05, 4.69) is 62.0 Å². The lowest BCUT2D eigenvalue weighted by atomic mass is 9.99. The molecule has 2 N–H and O–H groups in total. The Morgan fingerprint density at radius 1 is 0.737 bits per heavy atom. The molecule has 0 aliphatic heterocycles. The van der Waals surface area contributed by atoms with Crippen LogP contribution in [-0.2, 0) is 12.8 Å². The standard InChI is InChI=1S/C36H62N2/c1-5-6-7-8-9-10-11-12-13-14-15-16-17-18-19-20-21-22-24-32(4)37-28-27-34-30-38-36-33(29-31(2)3)25-23-26-35(34)36/h23,25-26,30-31,37-38H,4-22,24,27-29H2,1-3H3. The van der Waals surface area contributed by atoms with E-state index >= 15 is 0 Å². The number of hydrogen-bond acceptors (Lipinski definition) is 1. The highest BCUT2D eigenvalue weighted by molar-refractivity contribution is 5.86. The van der Waals surface area contributed by atoms with Gasteiger partial charge in [0.1, 0.15) is 0 Å². The first-order valence-electron chi connectivity index (χ1n) is 16.6. The molecule has 2 aromatic rings. The van der Waals surface area contributed by atoms with E-state index in [4.69, 9.17) is 0 Å². The lowest BCUT2D eigenvalue weighted by Gasteiger charge is -2.10. The van der Waals surface area contributed by atoms with Crippen LogP contribution in [-0.4, -0.2) is 11.5 Å². The molecule has 0 radical (unpaired) electrons. The molecule has 2 heteroatoms. The van der Waals surface area contributed by atoms with E-state index < -0.39 is 0 Å². The summed E-state index contributed by atoms with van der Waals surface area (Å²) in [6.45, 7) is 12.1. The summed E-state index contributed by atoms with van der Waals surface area (Å²) in [4.78, 5) is 3.54. The van der Waals surface area contributed by atoms with E-state index in [0.29, 0.717) is 5.92 Å². The molecule has 0 unspecified atom stereocenters. The van der Waals surface area contributed by atoms with Gasteiger partial charge in [-0.2, -0.15) is 0 Å². The number of unbranched alkanes of at least 4 members (excludes halogenated alkanes) is 17. The number of H-pyrrole nitrogens is 1. The number of aromatic amines is 1. The second-order valence-corrected chi connectivity index (χ2v) is 12.3. The van der Waals surface area contributed by atoms with Crippen molar-refractivity contribution in [2.24, 2.45) is 5.92 Å². The molecule has 0 atom stereocenters. The van der Waals surface area contributed by atoms with Crippen molar-refractivity contribution in [2.45, 2.75) is 156 Å². The molecular formula is C36H62N2. The summed E-state index contributed by atoms with van der Waals surface area (Å²) in [5, 5.41) is 4.97. The third-order valence-electron chi connectivity index (χ3n) is 8.12. The molecule has 0 aliphatic rings. The largest absolute Gasteiger partial charge is 0.388 e. The number of aromatic nitrogens is 1. The third kappa shape index (κ3) is 14.5. The summed E-state index contributed by atoms with van der Waals surface area (Å²) in [6.07, 6.45) is 31.2. The van der Waals surface area contributed by atoms with Crippen molar-refractivity contribution in [3.8, 4) is 0 Å². The van der Waals surface area contributed by atoms with Crippen molar-refractivity contribution >= 4 is 10.9 Å². The lowest BCUT2D eigenvalue weighted by Crippen LogP contribution is -2.15. The maximum Gasteiger partial charge on any atom is 0.0489 e. The quantitative estimate of drug-likeness (QED) is 0.125. The van der Waals surface area contributed by atoms with Gasteiger partial charge in [-0.25, -0.2) is 0 Å². The number of para-hydroxylation sites is 1. The van der Waals surface area contributed by atoms with Gasteiger partial charge in [0.2, 0.25) is 0 Å². The van der Waals surface area contributed by atoms with Crippen LogP contribution >= 0.6 is 0 Å². The first-order valence-corrected chi connectivity index (χ1v) is 16.6. The monoisotopic (exact) mass is 522 g/mol. The Labute approximate surface area is 236 Å². The van der Waals surface area contributed by atoms with Crippen molar-refractivity contribution in [3.05, 3.63) is 47.8 Å². The van der Waals surface area contributed by atoms with Crippen LogP contribution in [0.3, 0.4) is 0 Å². The Morgan fingerprint density at radius 2 is 1.26 bits per heavy atom. The van der Waals surface area contributed by atoms with Crippen LogP contribution in [0.25, 0.3) is 10.9 Å². The average molecular weight is 523 g/mol. The summed E-state index contributed by atoms with van der Waals surface area (Å²) in [5.74, 6) is 0.677. The minimum absolute atomic E-state index is 0.677. The maximum atomic E-state index is 4.28. The molecule has 2 rings (SSSR count). The molecular weight excluding hydrogens is 460 g/mol. The first-order chi connectivity index (χ1) is 18.6. The van der Waals surface area contributed by atoms with E-state index in [9.17, 15) is 0 Å². The number of hydrogen-bond donors (Lipinski definition) is 2. The summed E-state index contributed by atoms with van der Waals surface area (Å²) in [6, 6.07) is 6.74. The van der Waals surface area contributed by atoms with Gasteiger partial charge in [-0.1, -0.05) is 155 Å². The van der Waals surface area contributed by atoms with E-state index in [1.54, 1.807) is 0 Å².